The third-order valence-corrected chi connectivity index (χ3v) is 3.50. The van der Waals surface area contributed by atoms with Gasteiger partial charge in [-0.3, -0.25) is 4.90 Å². The van der Waals surface area contributed by atoms with Crippen LogP contribution in [0.1, 0.15) is 13.3 Å². The summed E-state index contributed by atoms with van der Waals surface area (Å²) in [5.41, 5.74) is 6.38. The second-order valence-corrected chi connectivity index (χ2v) is 4.83. The normalized spacial score (nSPS) is 23.5. The second-order valence-electron chi connectivity index (χ2n) is 4.83. The molecule has 1 saturated heterocycles. The van der Waals surface area contributed by atoms with E-state index in [2.05, 4.69) is 18.9 Å². The Kier molecular flexibility index (Phi) is 4.44. The molecule has 0 amide bonds. The molecule has 0 radical (unpaired) electrons. The van der Waals surface area contributed by atoms with Gasteiger partial charge in [0, 0.05) is 24.9 Å². The number of likely N-dealkylation sites (N-methyl/N-ethyl adjacent to an activating group) is 1. The van der Waals surface area contributed by atoms with Crippen LogP contribution in [0, 0.1) is 0 Å². The molecule has 2 atom stereocenters. The highest BCUT2D eigenvalue weighted by atomic mass is 16.5. The largest absolute Gasteiger partial charge is 0.492 e. The zero-order valence-electron chi connectivity index (χ0n) is 11.1. The predicted molar refractivity (Wildman–Crippen MR) is 72.8 cm³/mol. The smallest absolute Gasteiger partial charge is 0.119 e. The van der Waals surface area contributed by atoms with Crippen molar-refractivity contribution in [2.75, 3.05) is 32.5 Å². The van der Waals surface area contributed by atoms with Gasteiger partial charge in [0.25, 0.3) is 0 Å². The second kappa shape index (κ2) is 6.07. The molecule has 18 heavy (non-hydrogen) atoms. The summed E-state index contributed by atoms with van der Waals surface area (Å²) < 4.78 is 11.3. The van der Waals surface area contributed by atoms with Crippen LogP contribution in [-0.2, 0) is 4.74 Å². The Balaban J connectivity index is 1.73. The molecule has 2 N–H and O–H groups in total. The number of nitrogens with zero attached hydrogens (tertiary/aromatic N) is 1. The maximum atomic E-state index is 5.69. The zero-order valence-corrected chi connectivity index (χ0v) is 11.1. The van der Waals surface area contributed by atoms with Gasteiger partial charge in [-0.1, -0.05) is 0 Å². The van der Waals surface area contributed by atoms with Gasteiger partial charge in [0.2, 0.25) is 0 Å². The fourth-order valence-electron chi connectivity index (χ4n) is 2.34. The van der Waals surface area contributed by atoms with Gasteiger partial charge in [-0.2, -0.15) is 0 Å². The Morgan fingerprint density at radius 1 is 1.39 bits per heavy atom. The van der Waals surface area contributed by atoms with Gasteiger partial charge in [0.15, 0.2) is 0 Å². The molecule has 100 valence electrons. The molecule has 1 heterocycles. The van der Waals surface area contributed by atoms with Crippen LogP contribution in [0.25, 0.3) is 0 Å². The summed E-state index contributed by atoms with van der Waals surface area (Å²) in [6.07, 6.45) is 1.44. The van der Waals surface area contributed by atoms with Crippen molar-refractivity contribution in [1.82, 2.24) is 4.90 Å². The summed E-state index contributed by atoms with van der Waals surface area (Å²) >= 11 is 0. The molecule has 0 bridgehead atoms. The molecule has 1 aromatic rings. The molecule has 1 aliphatic heterocycles. The molecule has 2 unspecified atom stereocenters. The molecular weight excluding hydrogens is 228 g/mol. The van der Waals surface area contributed by atoms with Crippen molar-refractivity contribution in [1.29, 1.82) is 0 Å². The minimum Gasteiger partial charge on any atom is -0.492 e. The van der Waals surface area contributed by atoms with Crippen molar-refractivity contribution in [3.8, 4) is 5.75 Å². The van der Waals surface area contributed by atoms with E-state index in [0.717, 1.165) is 31.0 Å². The number of benzene rings is 1. The first-order valence-electron chi connectivity index (χ1n) is 6.47. The minimum atomic E-state index is 0.325. The number of hydrogen-bond acceptors (Lipinski definition) is 4. The molecule has 1 aromatic carbocycles. The van der Waals surface area contributed by atoms with E-state index in [4.69, 9.17) is 15.2 Å². The topological polar surface area (TPSA) is 47.7 Å². The quantitative estimate of drug-likeness (QED) is 0.809. The van der Waals surface area contributed by atoms with E-state index in [1.807, 2.05) is 24.3 Å². The van der Waals surface area contributed by atoms with Crippen LogP contribution >= 0.6 is 0 Å². The molecule has 0 spiro atoms. The van der Waals surface area contributed by atoms with Gasteiger partial charge < -0.3 is 15.2 Å². The Hall–Kier alpha value is -1.26. The maximum Gasteiger partial charge on any atom is 0.119 e. The van der Waals surface area contributed by atoms with Crippen molar-refractivity contribution < 1.29 is 9.47 Å². The monoisotopic (exact) mass is 250 g/mol. The first kappa shape index (κ1) is 13.2. The van der Waals surface area contributed by atoms with Gasteiger partial charge in [-0.25, -0.2) is 0 Å². The minimum absolute atomic E-state index is 0.325. The third kappa shape index (κ3) is 3.37. The van der Waals surface area contributed by atoms with Crippen molar-refractivity contribution in [2.45, 2.75) is 25.5 Å². The van der Waals surface area contributed by atoms with Crippen molar-refractivity contribution in [3.63, 3.8) is 0 Å². The summed E-state index contributed by atoms with van der Waals surface area (Å²) in [5.74, 6) is 0.869. The lowest BCUT2D eigenvalue weighted by molar-refractivity contribution is 0.0787. The molecule has 4 nitrogen and oxygen atoms in total. The summed E-state index contributed by atoms with van der Waals surface area (Å²) in [6, 6.07) is 8.02. The van der Waals surface area contributed by atoms with E-state index in [1.165, 1.54) is 0 Å². The lowest BCUT2D eigenvalue weighted by Crippen LogP contribution is -2.39. The standard InChI is InChI=1S/C14H22N2O2/c1-11-14(7-9-17-11)16(2)8-10-18-13-5-3-12(15)4-6-13/h3-6,11,14H,7-10,15H2,1-2H3. The molecule has 0 aromatic heterocycles. The van der Waals surface area contributed by atoms with Crippen molar-refractivity contribution >= 4 is 5.69 Å². The summed E-state index contributed by atoms with van der Waals surface area (Å²) in [6.45, 7) is 4.59. The molecule has 4 heteroatoms. The molecular formula is C14H22N2O2. The van der Waals surface area contributed by atoms with E-state index in [1.54, 1.807) is 0 Å². The van der Waals surface area contributed by atoms with E-state index >= 15 is 0 Å². The number of nitrogens with two attached hydrogens (primary N) is 1. The Labute approximate surface area is 109 Å². The van der Waals surface area contributed by atoms with Gasteiger partial charge in [0.05, 0.1) is 6.10 Å². The van der Waals surface area contributed by atoms with E-state index in [-0.39, 0.29) is 0 Å². The number of ether oxygens (including phenoxy) is 2. The van der Waals surface area contributed by atoms with Gasteiger partial charge in [-0.05, 0) is 44.7 Å². The summed E-state index contributed by atoms with van der Waals surface area (Å²) in [4.78, 5) is 2.31. The van der Waals surface area contributed by atoms with Crippen LogP contribution < -0.4 is 10.5 Å². The van der Waals surface area contributed by atoms with Crippen LogP contribution in [0.2, 0.25) is 0 Å². The van der Waals surface area contributed by atoms with E-state index < -0.39 is 0 Å². The van der Waals surface area contributed by atoms with E-state index in [9.17, 15) is 0 Å². The van der Waals surface area contributed by atoms with Crippen LogP contribution in [0.15, 0.2) is 24.3 Å². The van der Waals surface area contributed by atoms with Crippen LogP contribution in [0.5, 0.6) is 5.75 Å². The average Bonchev–Trinajstić information content (AvgIpc) is 2.78. The molecule has 1 fully saturated rings. The first-order chi connectivity index (χ1) is 8.66. The summed E-state index contributed by atoms with van der Waals surface area (Å²) in [7, 11) is 2.13. The third-order valence-electron chi connectivity index (χ3n) is 3.50. The number of hydrogen-bond donors (Lipinski definition) is 1. The summed E-state index contributed by atoms with van der Waals surface area (Å²) in [5, 5.41) is 0. The number of anilines is 1. The van der Waals surface area contributed by atoms with Gasteiger partial charge in [0.1, 0.15) is 12.4 Å². The Morgan fingerprint density at radius 3 is 2.72 bits per heavy atom. The predicted octanol–water partition coefficient (Wildman–Crippen LogP) is 1.76. The average molecular weight is 250 g/mol. The highest BCUT2D eigenvalue weighted by Crippen LogP contribution is 2.18. The van der Waals surface area contributed by atoms with Crippen LogP contribution in [0.4, 0.5) is 5.69 Å². The molecule has 0 saturated carbocycles. The lowest BCUT2D eigenvalue weighted by atomic mass is 10.1. The Morgan fingerprint density at radius 2 is 2.11 bits per heavy atom. The highest BCUT2D eigenvalue weighted by molar-refractivity contribution is 5.41. The maximum absolute atomic E-state index is 5.69. The SMILES string of the molecule is CC1OCCC1N(C)CCOc1ccc(N)cc1. The Bertz CT molecular complexity index is 367. The first-order valence-corrected chi connectivity index (χ1v) is 6.47. The zero-order chi connectivity index (χ0) is 13.0. The number of rotatable bonds is 5. The molecule has 0 aliphatic carbocycles. The molecule has 2 rings (SSSR count). The van der Waals surface area contributed by atoms with Crippen LogP contribution in [-0.4, -0.2) is 43.9 Å². The number of nitrogen functional groups attached to an aromatic ring is 1. The highest BCUT2D eigenvalue weighted by Gasteiger charge is 2.27. The fourth-order valence-corrected chi connectivity index (χ4v) is 2.34. The molecule has 1 aliphatic rings. The lowest BCUT2D eigenvalue weighted by Gasteiger charge is -2.26. The van der Waals surface area contributed by atoms with Gasteiger partial charge >= 0.3 is 0 Å². The fraction of sp³-hybridized carbons (Fsp3) is 0.571. The van der Waals surface area contributed by atoms with Crippen molar-refractivity contribution in [3.05, 3.63) is 24.3 Å². The van der Waals surface area contributed by atoms with E-state index in [0.29, 0.717) is 18.8 Å². The van der Waals surface area contributed by atoms with Crippen LogP contribution in [0.3, 0.4) is 0 Å². The van der Waals surface area contributed by atoms with Crippen molar-refractivity contribution in [2.24, 2.45) is 0 Å². The van der Waals surface area contributed by atoms with Gasteiger partial charge in [-0.15, -0.1) is 0 Å².